The van der Waals surface area contributed by atoms with Crippen LogP contribution >= 0.6 is 0 Å². The van der Waals surface area contributed by atoms with Crippen molar-refractivity contribution in [3.8, 4) is 5.75 Å². The quantitative estimate of drug-likeness (QED) is 0.924. The summed E-state index contributed by atoms with van der Waals surface area (Å²) in [6, 6.07) is 7.96. The number of carbonyl (C=O) groups is 1. The molecular weight excluding hydrogens is 266 g/mol. The zero-order valence-electron chi connectivity index (χ0n) is 12.3. The number of para-hydroxylation sites is 1. The van der Waals surface area contributed by atoms with Crippen molar-refractivity contribution < 1.29 is 14.6 Å². The van der Waals surface area contributed by atoms with Crippen LogP contribution in [-0.4, -0.2) is 42.2 Å². The Bertz CT molecular complexity index is 501. The van der Waals surface area contributed by atoms with Gasteiger partial charge in [0.25, 0.3) is 0 Å². The lowest BCUT2D eigenvalue weighted by molar-refractivity contribution is -0.138. The second-order valence-electron chi connectivity index (χ2n) is 6.12. The highest BCUT2D eigenvalue weighted by atomic mass is 16.5. The molecule has 0 bridgehead atoms. The largest absolute Gasteiger partial charge is 0.492 e. The first kappa shape index (κ1) is 14.4. The maximum atomic E-state index is 12.7. The van der Waals surface area contributed by atoms with E-state index in [1.807, 2.05) is 29.2 Å². The molecule has 4 nitrogen and oxygen atoms in total. The molecule has 2 unspecified atom stereocenters. The van der Waals surface area contributed by atoms with Crippen LogP contribution in [0.1, 0.15) is 24.8 Å². The topological polar surface area (TPSA) is 49.8 Å². The molecule has 0 aliphatic carbocycles. The van der Waals surface area contributed by atoms with Crippen molar-refractivity contribution in [3.63, 3.8) is 0 Å². The van der Waals surface area contributed by atoms with Crippen LogP contribution in [0, 0.1) is 11.8 Å². The minimum atomic E-state index is -0.0622. The summed E-state index contributed by atoms with van der Waals surface area (Å²) in [5.41, 5.74) is 1.13. The Morgan fingerprint density at radius 1 is 1.38 bits per heavy atom. The molecule has 0 saturated carbocycles. The first-order valence-electron chi connectivity index (χ1n) is 7.88. The van der Waals surface area contributed by atoms with Crippen molar-refractivity contribution in [3.05, 3.63) is 29.8 Å². The van der Waals surface area contributed by atoms with E-state index in [1.165, 1.54) is 0 Å². The molecule has 21 heavy (non-hydrogen) atoms. The van der Waals surface area contributed by atoms with E-state index in [2.05, 4.69) is 0 Å². The molecule has 1 N–H and O–H groups in total. The van der Waals surface area contributed by atoms with E-state index < -0.39 is 0 Å². The molecule has 0 spiro atoms. The molecule has 2 aliphatic heterocycles. The Kier molecular flexibility index (Phi) is 4.44. The Morgan fingerprint density at radius 2 is 2.24 bits per heavy atom. The average Bonchev–Trinajstić information content (AvgIpc) is 2.54. The fraction of sp³-hybridized carbons (Fsp3) is 0.588. The number of fused-ring (bicyclic) bond motifs is 1. The normalized spacial score (nSPS) is 25.1. The summed E-state index contributed by atoms with van der Waals surface area (Å²) in [5.74, 6) is 1.52. The van der Waals surface area contributed by atoms with E-state index >= 15 is 0 Å². The monoisotopic (exact) mass is 289 g/mol. The number of ether oxygens (including phenoxy) is 1. The third kappa shape index (κ3) is 3.21. The lowest BCUT2D eigenvalue weighted by atomic mass is 9.91. The summed E-state index contributed by atoms with van der Waals surface area (Å²) in [6.07, 6.45) is 3.73. The number of aliphatic hydroxyl groups excluding tert-OH is 1. The molecule has 4 heteroatoms. The van der Waals surface area contributed by atoms with Crippen LogP contribution in [0.3, 0.4) is 0 Å². The van der Waals surface area contributed by atoms with Crippen molar-refractivity contribution in [1.82, 2.24) is 4.90 Å². The van der Waals surface area contributed by atoms with Crippen molar-refractivity contribution in [1.29, 1.82) is 0 Å². The number of hydrogen-bond acceptors (Lipinski definition) is 3. The molecule has 0 aromatic heterocycles. The summed E-state index contributed by atoms with van der Waals surface area (Å²) in [7, 11) is 0. The van der Waals surface area contributed by atoms with Crippen LogP contribution < -0.4 is 4.74 Å². The van der Waals surface area contributed by atoms with Gasteiger partial charge in [-0.3, -0.25) is 4.79 Å². The van der Waals surface area contributed by atoms with Gasteiger partial charge in [0.1, 0.15) is 12.4 Å². The number of likely N-dealkylation sites (tertiary alicyclic amines) is 1. The molecule has 0 radical (unpaired) electrons. The highest BCUT2D eigenvalue weighted by Gasteiger charge is 2.31. The number of carbonyl (C=O) groups excluding carboxylic acids is 1. The smallest absolute Gasteiger partial charge is 0.229 e. The van der Waals surface area contributed by atoms with E-state index in [0.717, 1.165) is 50.1 Å². The third-order valence-corrected chi connectivity index (χ3v) is 4.60. The highest BCUT2D eigenvalue weighted by Crippen LogP contribution is 2.29. The van der Waals surface area contributed by atoms with Crippen molar-refractivity contribution >= 4 is 5.91 Å². The van der Waals surface area contributed by atoms with E-state index in [1.54, 1.807) is 0 Å². The number of piperidine rings is 1. The fourth-order valence-corrected chi connectivity index (χ4v) is 3.43. The molecule has 1 fully saturated rings. The Balaban J connectivity index is 1.63. The number of hydrogen-bond donors (Lipinski definition) is 1. The molecule has 1 saturated heterocycles. The zero-order valence-corrected chi connectivity index (χ0v) is 12.3. The predicted octanol–water partition coefficient (Wildman–Crippen LogP) is 1.86. The summed E-state index contributed by atoms with van der Waals surface area (Å²) >= 11 is 0. The minimum absolute atomic E-state index is 0.0622. The Morgan fingerprint density at radius 3 is 3.10 bits per heavy atom. The molecule has 1 aromatic rings. The van der Waals surface area contributed by atoms with Gasteiger partial charge in [-0.15, -0.1) is 0 Å². The second kappa shape index (κ2) is 6.48. The molecule has 114 valence electrons. The first-order chi connectivity index (χ1) is 10.3. The van der Waals surface area contributed by atoms with E-state index in [9.17, 15) is 4.79 Å². The molecule has 2 heterocycles. The first-order valence-corrected chi connectivity index (χ1v) is 7.88. The van der Waals surface area contributed by atoms with Crippen LogP contribution in [0.25, 0.3) is 0 Å². The number of rotatable bonds is 3. The lowest BCUT2D eigenvalue weighted by Gasteiger charge is -2.36. The number of nitrogens with zero attached hydrogens (tertiary/aromatic N) is 1. The molecule has 2 aliphatic rings. The van der Waals surface area contributed by atoms with Gasteiger partial charge in [0, 0.05) is 19.7 Å². The maximum absolute atomic E-state index is 12.7. The van der Waals surface area contributed by atoms with Crippen molar-refractivity contribution in [2.45, 2.75) is 25.7 Å². The highest BCUT2D eigenvalue weighted by molar-refractivity contribution is 5.80. The van der Waals surface area contributed by atoms with Crippen LogP contribution in [0.15, 0.2) is 24.3 Å². The summed E-state index contributed by atoms with van der Waals surface area (Å²) in [5, 5.41) is 9.08. The number of aliphatic hydroxyl groups is 1. The Hall–Kier alpha value is -1.55. The minimum Gasteiger partial charge on any atom is -0.492 e. The van der Waals surface area contributed by atoms with Gasteiger partial charge in [-0.25, -0.2) is 0 Å². The van der Waals surface area contributed by atoms with Gasteiger partial charge >= 0.3 is 0 Å². The molecular formula is C17H23NO3. The molecule has 2 atom stereocenters. The lowest BCUT2D eigenvalue weighted by Crippen LogP contribution is -2.45. The molecule has 3 rings (SSSR count). The summed E-state index contributed by atoms with van der Waals surface area (Å²) < 4.78 is 5.73. The van der Waals surface area contributed by atoms with Crippen LogP contribution in [0.2, 0.25) is 0 Å². The van der Waals surface area contributed by atoms with E-state index in [4.69, 9.17) is 9.84 Å². The molecule has 1 amide bonds. The maximum Gasteiger partial charge on any atom is 0.229 e. The van der Waals surface area contributed by atoms with E-state index in [-0.39, 0.29) is 18.4 Å². The van der Waals surface area contributed by atoms with Crippen LogP contribution in [0.5, 0.6) is 5.75 Å². The van der Waals surface area contributed by atoms with Crippen molar-refractivity contribution in [2.24, 2.45) is 11.8 Å². The van der Waals surface area contributed by atoms with Gasteiger partial charge in [-0.1, -0.05) is 18.2 Å². The van der Waals surface area contributed by atoms with Gasteiger partial charge in [0.15, 0.2) is 0 Å². The van der Waals surface area contributed by atoms with E-state index in [0.29, 0.717) is 12.5 Å². The summed E-state index contributed by atoms with van der Waals surface area (Å²) in [4.78, 5) is 14.7. The van der Waals surface area contributed by atoms with Gasteiger partial charge < -0.3 is 14.7 Å². The summed E-state index contributed by atoms with van der Waals surface area (Å²) in [6.45, 7) is 2.33. The van der Waals surface area contributed by atoms with Crippen molar-refractivity contribution in [2.75, 3.05) is 26.3 Å². The molecule has 1 aromatic carbocycles. The zero-order chi connectivity index (χ0) is 14.7. The predicted molar refractivity (Wildman–Crippen MR) is 80.1 cm³/mol. The van der Waals surface area contributed by atoms with Gasteiger partial charge in [-0.2, -0.15) is 0 Å². The number of amides is 1. The number of benzene rings is 1. The SMILES string of the molecule is O=C(C1COc2ccccc2C1)N1CCCC(CCO)C1. The van der Waals surface area contributed by atoms with Gasteiger partial charge in [0.2, 0.25) is 5.91 Å². The van der Waals surface area contributed by atoms with Gasteiger partial charge in [-0.05, 0) is 43.2 Å². The third-order valence-electron chi connectivity index (χ3n) is 4.60. The second-order valence-corrected chi connectivity index (χ2v) is 6.12. The van der Waals surface area contributed by atoms with Crippen LogP contribution in [-0.2, 0) is 11.2 Å². The standard InChI is InChI=1S/C17H23NO3/c19-9-7-13-4-3-8-18(11-13)17(20)15-10-14-5-1-2-6-16(14)21-12-15/h1-2,5-6,13,15,19H,3-4,7-12H2. The Labute approximate surface area is 125 Å². The average molecular weight is 289 g/mol. The van der Waals surface area contributed by atoms with Gasteiger partial charge in [0.05, 0.1) is 5.92 Å². The fourth-order valence-electron chi connectivity index (χ4n) is 3.43. The van der Waals surface area contributed by atoms with Crippen LogP contribution in [0.4, 0.5) is 0 Å².